The van der Waals surface area contributed by atoms with E-state index in [0.29, 0.717) is 5.92 Å². The zero-order valence-electron chi connectivity index (χ0n) is 18.9. The van der Waals surface area contributed by atoms with Crippen LogP contribution in [0.15, 0.2) is 66.7 Å². The summed E-state index contributed by atoms with van der Waals surface area (Å²) in [6.45, 7) is 6.66. The first kappa shape index (κ1) is 23.0. The summed E-state index contributed by atoms with van der Waals surface area (Å²) < 4.78 is 5.44. The number of methoxy groups -OCH3 is 1. The normalized spacial score (nSPS) is 11.7. The van der Waals surface area contributed by atoms with E-state index in [-0.39, 0.29) is 5.92 Å². The fraction of sp³-hybridized carbons (Fsp3) is 0.310. The number of benzene rings is 3. The van der Waals surface area contributed by atoms with E-state index in [0.717, 1.165) is 35.6 Å². The summed E-state index contributed by atoms with van der Waals surface area (Å²) in [6, 6.07) is 23.1. The smallest absolute Gasteiger partial charge is 0.120 e. The summed E-state index contributed by atoms with van der Waals surface area (Å²) >= 11 is 6.14. The molecule has 1 atom stereocenters. The summed E-state index contributed by atoms with van der Waals surface area (Å²) in [5, 5.41) is 0.778. The van der Waals surface area contributed by atoms with Crippen LogP contribution in [-0.2, 0) is 19.3 Å². The van der Waals surface area contributed by atoms with Crippen molar-refractivity contribution in [2.24, 2.45) is 5.92 Å². The summed E-state index contributed by atoms with van der Waals surface area (Å²) in [7, 11) is 1.69. The Morgan fingerprint density at radius 1 is 0.871 bits per heavy atom. The Bertz CT molecular complexity index is 1050. The van der Waals surface area contributed by atoms with E-state index in [4.69, 9.17) is 16.3 Å². The lowest BCUT2D eigenvalue weighted by molar-refractivity contribution is 0.414. The molecule has 2 heteroatoms. The fourth-order valence-electron chi connectivity index (χ4n) is 3.67. The van der Waals surface area contributed by atoms with Crippen molar-refractivity contribution in [2.45, 2.75) is 46.0 Å². The van der Waals surface area contributed by atoms with Crippen LogP contribution >= 0.6 is 11.6 Å². The molecule has 0 aliphatic carbocycles. The summed E-state index contributed by atoms with van der Waals surface area (Å²) in [4.78, 5) is 0. The van der Waals surface area contributed by atoms with Gasteiger partial charge in [0.25, 0.3) is 0 Å². The molecule has 0 saturated heterocycles. The first-order valence-corrected chi connectivity index (χ1v) is 11.3. The van der Waals surface area contributed by atoms with Gasteiger partial charge in [-0.3, -0.25) is 0 Å². The Morgan fingerprint density at radius 2 is 1.65 bits per heavy atom. The molecule has 0 fully saturated rings. The van der Waals surface area contributed by atoms with Gasteiger partial charge in [0.15, 0.2) is 0 Å². The molecule has 3 aromatic rings. The molecule has 0 spiro atoms. The highest BCUT2D eigenvalue weighted by Crippen LogP contribution is 2.21. The van der Waals surface area contributed by atoms with Gasteiger partial charge in [0.1, 0.15) is 5.75 Å². The largest absolute Gasteiger partial charge is 0.497 e. The van der Waals surface area contributed by atoms with E-state index in [1.807, 2.05) is 30.3 Å². The Hall–Kier alpha value is -2.69. The second-order valence-corrected chi connectivity index (χ2v) is 8.92. The van der Waals surface area contributed by atoms with Crippen LogP contribution in [0.3, 0.4) is 0 Å². The first-order valence-electron chi connectivity index (χ1n) is 11.0. The van der Waals surface area contributed by atoms with Gasteiger partial charge < -0.3 is 4.74 Å². The molecule has 0 saturated carbocycles. The minimum absolute atomic E-state index is 0.167. The molecule has 0 heterocycles. The van der Waals surface area contributed by atoms with Crippen LogP contribution in [-0.4, -0.2) is 7.11 Å². The summed E-state index contributed by atoms with van der Waals surface area (Å²) in [5.74, 6) is 8.54. The molecule has 0 N–H and O–H groups in total. The van der Waals surface area contributed by atoms with Crippen LogP contribution in [0.5, 0.6) is 5.75 Å². The lowest BCUT2D eigenvalue weighted by Crippen LogP contribution is -1.97. The van der Waals surface area contributed by atoms with Crippen molar-refractivity contribution in [1.82, 2.24) is 0 Å². The van der Waals surface area contributed by atoms with Gasteiger partial charge in [0, 0.05) is 16.5 Å². The van der Waals surface area contributed by atoms with Gasteiger partial charge in [-0.15, -0.1) is 0 Å². The van der Waals surface area contributed by atoms with Crippen molar-refractivity contribution in [3.8, 4) is 17.6 Å². The lowest BCUT2D eigenvalue weighted by Gasteiger charge is -2.10. The third-order valence-corrected chi connectivity index (χ3v) is 5.67. The molecule has 1 nitrogen and oxygen atoms in total. The molecule has 0 aromatic heterocycles. The number of halogens is 1. The Balaban J connectivity index is 1.77. The van der Waals surface area contributed by atoms with Crippen LogP contribution in [0.25, 0.3) is 0 Å². The van der Waals surface area contributed by atoms with Gasteiger partial charge in [-0.2, -0.15) is 0 Å². The zero-order chi connectivity index (χ0) is 22.2. The van der Waals surface area contributed by atoms with Crippen molar-refractivity contribution < 1.29 is 4.74 Å². The molecule has 0 aliphatic heterocycles. The average Bonchev–Trinajstić information content (AvgIpc) is 2.76. The van der Waals surface area contributed by atoms with Gasteiger partial charge in [0.05, 0.1) is 7.11 Å². The second kappa shape index (κ2) is 11.1. The Labute approximate surface area is 192 Å². The third-order valence-electron chi connectivity index (χ3n) is 5.44. The number of aryl methyl sites for hydroxylation is 2. The van der Waals surface area contributed by atoms with Crippen LogP contribution in [0.1, 0.15) is 54.5 Å². The maximum Gasteiger partial charge on any atom is 0.120 e. The highest BCUT2D eigenvalue weighted by molar-refractivity contribution is 6.30. The third kappa shape index (κ3) is 6.91. The quantitative estimate of drug-likeness (QED) is 0.353. The molecule has 31 heavy (non-hydrogen) atoms. The molecule has 0 bridgehead atoms. The topological polar surface area (TPSA) is 9.23 Å². The van der Waals surface area contributed by atoms with E-state index in [2.05, 4.69) is 69.0 Å². The van der Waals surface area contributed by atoms with Gasteiger partial charge in [-0.1, -0.05) is 79.8 Å². The molecule has 3 rings (SSSR count). The number of hydrogen-bond acceptors (Lipinski definition) is 1. The minimum Gasteiger partial charge on any atom is -0.497 e. The van der Waals surface area contributed by atoms with Crippen molar-refractivity contribution in [1.29, 1.82) is 0 Å². The molecule has 160 valence electrons. The van der Waals surface area contributed by atoms with Gasteiger partial charge in [0.2, 0.25) is 0 Å². The number of ether oxygens (including phenoxy) is 1. The maximum atomic E-state index is 6.14. The van der Waals surface area contributed by atoms with E-state index in [9.17, 15) is 0 Å². The van der Waals surface area contributed by atoms with Crippen LogP contribution in [0, 0.1) is 17.8 Å². The first-order chi connectivity index (χ1) is 14.9. The summed E-state index contributed by atoms with van der Waals surface area (Å²) in [5.41, 5.74) is 6.13. The van der Waals surface area contributed by atoms with Crippen molar-refractivity contribution in [3.05, 3.63) is 99.6 Å². The van der Waals surface area contributed by atoms with Crippen LogP contribution in [0.2, 0.25) is 5.02 Å². The highest BCUT2D eigenvalue weighted by Gasteiger charge is 2.06. The van der Waals surface area contributed by atoms with Crippen molar-refractivity contribution >= 4 is 11.6 Å². The molecule has 3 aromatic carbocycles. The number of rotatable bonds is 7. The lowest BCUT2D eigenvalue weighted by atomic mass is 9.96. The fourth-order valence-corrected chi connectivity index (χ4v) is 3.88. The summed E-state index contributed by atoms with van der Waals surface area (Å²) in [6.07, 6.45) is 2.95. The van der Waals surface area contributed by atoms with Gasteiger partial charge in [-0.05, 0) is 78.6 Å². The minimum atomic E-state index is 0.167. The maximum absolute atomic E-state index is 6.14. The standard InChI is InChI=1S/C29H31ClO/c1-21(2)18-24-9-13-25(14-10-24)22(3)8-12-27-20-29(31-4)17-16-26(27)15-11-23-6-5-7-28(30)19-23/h5-7,9-10,13-14,16-17,19-22H,11,15,18H2,1-4H3. The monoisotopic (exact) mass is 430 g/mol. The van der Waals surface area contributed by atoms with Gasteiger partial charge >= 0.3 is 0 Å². The molecule has 0 radical (unpaired) electrons. The SMILES string of the molecule is COc1ccc(CCc2cccc(Cl)c2)c(C#CC(C)c2ccc(CC(C)C)cc2)c1. The second-order valence-electron chi connectivity index (χ2n) is 8.48. The number of hydrogen-bond donors (Lipinski definition) is 0. The average molecular weight is 431 g/mol. The zero-order valence-corrected chi connectivity index (χ0v) is 19.7. The van der Waals surface area contributed by atoms with E-state index in [1.54, 1.807) is 7.11 Å². The van der Waals surface area contributed by atoms with E-state index in [1.165, 1.54) is 22.3 Å². The molecular weight excluding hydrogens is 400 g/mol. The predicted molar refractivity (Wildman–Crippen MR) is 132 cm³/mol. The predicted octanol–water partition coefficient (Wildman–Crippen LogP) is 7.49. The molecule has 0 aliphatic rings. The molecular formula is C29H31ClO. The van der Waals surface area contributed by atoms with Crippen molar-refractivity contribution in [2.75, 3.05) is 7.11 Å². The van der Waals surface area contributed by atoms with Gasteiger partial charge in [-0.25, -0.2) is 0 Å². The van der Waals surface area contributed by atoms with E-state index < -0.39 is 0 Å². The molecule has 0 amide bonds. The van der Waals surface area contributed by atoms with Crippen molar-refractivity contribution in [3.63, 3.8) is 0 Å². The Morgan fingerprint density at radius 3 is 2.32 bits per heavy atom. The highest BCUT2D eigenvalue weighted by atomic mass is 35.5. The molecule has 1 unspecified atom stereocenters. The van der Waals surface area contributed by atoms with Crippen LogP contribution in [0.4, 0.5) is 0 Å². The van der Waals surface area contributed by atoms with E-state index >= 15 is 0 Å². The van der Waals surface area contributed by atoms with Crippen LogP contribution < -0.4 is 4.74 Å². The Kier molecular flexibility index (Phi) is 8.21.